The Kier molecular flexibility index (Phi) is 3.89. The van der Waals surface area contributed by atoms with E-state index in [1.165, 1.54) is 12.1 Å². The van der Waals surface area contributed by atoms with Crippen LogP contribution in [0.5, 0.6) is 0 Å². The molecule has 3 rings (SSSR count). The van der Waals surface area contributed by atoms with Crippen LogP contribution < -0.4 is 5.32 Å². The smallest absolute Gasteiger partial charge is 0.257 e. The molecular formula is C16H11ClFN3O. The molecule has 2 aromatic carbocycles. The van der Waals surface area contributed by atoms with Gasteiger partial charge in [-0.1, -0.05) is 23.7 Å². The van der Waals surface area contributed by atoms with Gasteiger partial charge in [-0.25, -0.2) is 9.37 Å². The first kappa shape index (κ1) is 14.3. The summed E-state index contributed by atoms with van der Waals surface area (Å²) in [6.07, 6.45) is 3.31. The molecule has 2 N–H and O–H groups in total. The summed E-state index contributed by atoms with van der Waals surface area (Å²) in [5, 5.41) is 2.79. The summed E-state index contributed by atoms with van der Waals surface area (Å²) in [4.78, 5) is 19.1. The summed E-state index contributed by atoms with van der Waals surface area (Å²) >= 11 is 5.87. The number of imidazole rings is 1. The first-order chi connectivity index (χ1) is 10.6. The summed E-state index contributed by atoms with van der Waals surface area (Å²) in [6, 6.07) is 10.9. The molecule has 110 valence electrons. The van der Waals surface area contributed by atoms with Crippen LogP contribution >= 0.6 is 11.6 Å². The Hall–Kier alpha value is -2.66. The lowest BCUT2D eigenvalue weighted by Gasteiger charge is -2.07. The lowest BCUT2D eigenvalue weighted by atomic mass is 10.1. The van der Waals surface area contributed by atoms with E-state index in [2.05, 4.69) is 15.3 Å². The molecule has 1 aromatic heterocycles. The maximum absolute atomic E-state index is 13.0. The average Bonchev–Trinajstić information content (AvgIpc) is 3.02. The van der Waals surface area contributed by atoms with E-state index in [0.29, 0.717) is 5.69 Å². The van der Waals surface area contributed by atoms with E-state index < -0.39 is 5.82 Å². The molecule has 0 spiro atoms. The third-order valence-corrected chi connectivity index (χ3v) is 3.44. The van der Waals surface area contributed by atoms with E-state index in [1.54, 1.807) is 24.7 Å². The van der Waals surface area contributed by atoms with Gasteiger partial charge in [-0.05, 0) is 35.9 Å². The Bertz CT molecular complexity index is 801. The molecule has 0 bridgehead atoms. The second-order valence-corrected chi connectivity index (χ2v) is 5.03. The molecule has 22 heavy (non-hydrogen) atoms. The number of aromatic nitrogens is 2. The molecular weight excluding hydrogens is 305 g/mol. The highest BCUT2D eigenvalue weighted by Gasteiger charge is 2.11. The fourth-order valence-corrected chi connectivity index (χ4v) is 2.27. The summed E-state index contributed by atoms with van der Waals surface area (Å²) in [7, 11) is 0. The maximum Gasteiger partial charge on any atom is 0.257 e. The topological polar surface area (TPSA) is 57.8 Å². The Morgan fingerprint density at radius 3 is 2.59 bits per heavy atom. The third kappa shape index (κ3) is 2.99. The fraction of sp³-hybridized carbons (Fsp3) is 0. The van der Waals surface area contributed by atoms with Gasteiger partial charge in [-0.15, -0.1) is 0 Å². The van der Waals surface area contributed by atoms with E-state index in [0.717, 1.165) is 17.3 Å². The molecule has 0 atom stereocenters. The Morgan fingerprint density at radius 1 is 1.18 bits per heavy atom. The average molecular weight is 316 g/mol. The first-order valence-corrected chi connectivity index (χ1v) is 6.86. The van der Waals surface area contributed by atoms with E-state index in [-0.39, 0.29) is 16.5 Å². The van der Waals surface area contributed by atoms with Crippen LogP contribution in [0.15, 0.2) is 55.0 Å². The van der Waals surface area contributed by atoms with Crippen LogP contribution in [0.25, 0.3) is 11.3 Å². The van der Waals surface area contributed by atoms with Crippen LogP contribution in [0.1, 0.15) is 10.4 Å². The number of amides is 1. The van der Waals surface area contributed by atoms with Gasteiger partial charge in [0.15, 0.2) is 0 Å². The normalized spacial score (nSPS) is 10.5. The summed E-state index contributed by atoms with van der Waals surface area (Å²) in [5.74, 6) is -0.871. The molecule has 0 saturated carbocycles. The zero-order valence-electron chi connectivity index (χ0n) is 11.3. The first-order valence-electron chi connectivity index (χ1n) is 6.49. The molecule has 0 saturated heterocycles. The van der Waals surface area contributed by atoms with Crippen molar-refractivity contribution in [2.45, 2.75) is 0 Å². The molecule has 0 aliphatic rings. The minimum atomic E-state index is -0.481. The number of rotatable bonds is 3. The molecule has 1 heterocycles. The number of nitrogens with zero attached hydrogens (tertiary/aromatic N) is 1. The van der Waals surface area contributed by atoms with Gasteiger partial charge in [0.2, 0.25) is 0 Å². The quantitative estimate of drug-likeness (QED) is 0.763. The number of anilines is 1. The molecule has 0 aliphatic carbocycles. The zero-order valence-corrected chi connectivity index (χ0v) is 12.1. The van der Waals surface area contributed by atoms with Crippen LogP contribution in [-0.4, -0.2) is 15.9 Å². The van der Waals surface area contributed by atoms with Crippen LogP contribution in [-0.2, 0) is 0 Å². The van der Waals surface area contributed by atoms with Crippen molar-refractivity contribution in [2.24, 2.45) is 0 Å². The molecule has 0 aliphatic heterocycles. The Morgan fingerprint density at radius 2 is 1.95 bits per heavy atom. The van der Waals surface area contributed by atoms with E-state index in [1.807, 2.05) is 12.1 Å². The molecule has 0 fully saturated rings. The lowest BCUT2D eigenvalue weighted by Crippen LogP contribution is -2.12. The van der Waals surface area contributed by atoms with Gasteiger partial charge in [-0.2, -0.15) is 0 Å². The number of carbonyl (C=O) groups excluding carboxylic acids is 1. The molecule has 3 aromatic rings. The molecule has 0 radical (unpaired) electrons. The van der Waals surface area contributed by atoms with E-state index in [4.69, 9.17) is 11.6 Å². The minimum absolute atomic E-state index is 0.0755. The monoisotopic (exact) mass is 315 g/mol. The third-order valence-electron chi connectivity index (χ3n) is 3.13. The van der Waals surface area contributed by atoms with E-state index >= 15 is 0 Å². The largest absolute Gasteiger partial charge is 0.345 e. The maximum atomic E-state index is 13.0. The summed E-state index contributed by atoms with van der Waals surface area (Å²) in [5.41, 5.74) is 2.68. The number of hydrogen-bond donors (Lipinski definition) is 2. The molecule has 0 unspecified atom stereocenters. The van der Waals surface area contributed by atoms with Crippen LogP contribution in [0.3, 0.4) is 0 Å². The number of halogens is 2. The van der Waals surface area contributed by atoms with Crippen molar-refractivity contribution in [3.05, 3.63) is 71.4 Å². The number of H-pyrrole nitrogens is 1. The van der Waals surface area contributed by atoms with Gasteiger partial charge in [0.25, 0.3) is 5.91 Å². The molecule has 6 heteroatoms. The Labute approximate surface area is 131 Å². The molecule has 1 amide bonds. The van der Waals surface area contributed by atoms with Crippen LogP contribution in [0.4, 0.5) is 10.1 Å². The fourth-order valence-electron chi connectivity index (χ4n) is 2.02. The highest BCUT2D eigenvalue weighted by Crippen LogP contribution is 2.21. The van der Waals surface area contributed by atoms with Crippen molar-refractivity contribution in [2.75, 3.05) is 5.32 Å². The number of carbonyl (C=O) groups is 1. The van der Waals surface area contributed by atoms with Crippen molar-refractivity contribution in [3.8, 4) is 11.3 Å². The van der Waals surface area contributed by atoms with Crippen LogP contribution in [0.2, 0.25) is 5.02 Å². The number of benzene rings is 2. The highest BCUT2D eigenvalue weighted by molar-refractivity contribution is 6.34. The van der Waals surface area contributed by atoms with Gasteiger partial charge < -0.3 is 10.3 Å². The summed E-state index contributed by atoms with van der Waals surface area (Å²) < 4.78 is 13.0. The Balaban J connectivity index is 1.77. The zero-order chi connectivity index (χ0) is 15.5. The van der Waals surface area contributed by atoms with Gasteiger partial charge in [0.1, 0.15) is 5.82 Å². The van der Waals surface area contributed by atoms with Gasteiger partial charge in [0.05, 0.1) is 28.8 Å². The van der Waals surface area contributed by atoms with Crippen molar-refractivity contribution in [1.29, 1.82) is 0 Å². The van der Waals surface area contributed by atoms with Gasteiger partial charge in [-0.3, -0.25) is 4.79 Å². The highest BCUT2D eigenvalue weighted by atomic mass is 35.5. The minimum Gasteiger partial charge on any atom is -0.345 e. The standard InChI is InChI=1S/C16H11ClFN3O/c17-14-7-11(18)3-6-13(14)16(22)21-12-4-1-10(2-5-12)15-8-19-9-20-15/h1-9H,(H,19,20)(H,21,22). The van der Waals surface area contributed by atoms with Crippen molar-refractivity contribution in [1.82, 2.24) is 9.97 Å². The number of aromatic amines is 1. The second-order valence-electron chi connectivity index (χ2n) is 4.62. The number of hydrogen-bond acceptors (Lipinski definition) is 2. The second kappa shape index (κ2) is 5.99. The van der Waals surface area contributed by atoms with Gasteiger partial charge >= 0.3 is 0 Å². The van der Waals surface area contributed by atoms with E-state index in [9.17, 15) is 9.18 Å². The predicted molar refractivity (Wildman–Crippen MR) is 83.4 cm³/mol. The van der Waals surface area contributed by atoms with Gasteiger partial charge in [0, 0.05) is 5.69 Å². The lowest BCUT2D eigenvalue weighted by molar-refractivity contribution is 0.102. The molecule has 4 nitrogen and oxygen atoms in total. The van der Waals surface area contributed by atoms with Crippen molar-refractivity contribution in [3.63, 3.8) is 0 Å². The van der Waals surface area contributed by atoms with Crippen molar-refractivity contribution < 1.29 is 9.18 Å². The predicted octanol–water partition coefficient (Wildman–Crippen LogP) is 4.12. The SMILES string of the molecule is O=C(Nc1ccc(-c2cnc[nH]2)cc1)c1ccc(F)cc1Cl. The van der Waals surface area contributed by atoms with Crippen LogP contribution in [0, 0.1) is 5.82 Å². The van der Waals surface area contributed by atoms with Crippen molar-refractivity contribution >= 4 is 23.2 Å². The number of nitrogens with one attached hydrogen (secondary N) is 2. The summed E-state index contributed by atoms with van der Waals surface area (Å²) in [6.45, 7) is 0.